The summed E-state index contributed by atoms with van der Waals surface area (Å²) >= 11 is 0. The van der Waals surface area contributed by atoms with Crippen LogP contribution in [0, 0.1) is 11.7 Å². The van der Waals surface area contributed by atoms with Crippen molar-refractivity contribution in [1.29, 1.82) is 0 Å². The molecule has 0 aliphatic carbocycles. The van der Waals surface area contributed by atoms with Gasteiger partial charge in [-0.2, -0.15) is 0 Å². The molecule has 0 bridgehead atoms. The first kappa shape index (κ1) is 16.3. The van der Waals surface area contributed by atoms with E-state index < -0.39 is 11.9 Å². The fraction of sp³-hybridized carbons (Fsp3) is 0.500. The number of nitrogens with zero attached hydrogens (tertiary/aromatic N) is 1. The van der Waals surface area contributed by atoms with E-state index in [1.165, 1.54) is 12.1 Å². The number of ether oxygens (including phenoxy) is 1. The van der Waals surface area contributed by atoms with Gasteiger partial charge in [-0.05, 0) is 43.5 Å². The van der Waals surface area contributed by atoms with E-state index in [1.54, 1.807) is 17.0 Å². The maximum Gasteiger partial charge on any atom is 0.308 e. The molecule has 1 heterocycles. The maximum atomic E-state index is 12.7. The highest BCUT2D eigenvalue weighted by atomic mass is 19.1. The second-order valence-corrected chi connectivity index (χ2v) is 5.42. The first-order valence-corrected chi connectivity index (χ1v) is 7.45. The van der Waals surface area contributed by atoms with Gasteiger partial charge in [0.2, 0.25) is 5.91 Å². The number of hydrogen-bond acceptors (Lipinski definition) is 3. The van der Waals surface area contributed by atoms with Crippen molar-refractivity contribution in [3.63, 3.8) is 0 Å². The zero-order chi connectivity index (χ0) is 15.9. The molecule has 1 N–H and O–H groups in total. The Bertz CT molecular complexity index is 517. The predicted molar refractivity (Wildman–Crippen MR) is 78.1 cm³/mol. The molecule has 5 nitrogen and oxygen atoms in total. The molecule has 0 unspecified atom stereocenters. The van der Waals surface area contributed by atoms with Crippen molar-refractivity contribution in [1.82, 2.24) is 4.90 Å². The van der Waals surface area contributed by atoms with Gasteiger partial charge in [-0.15, -0.1) is 0 Å². The first-order valence-electron chi connectivity index (χ1n) is 7.45. The van der Waals surface area contributed by atoms with Gasteiger partial charge in [0.1, 0.15) is 11.6 Å². The average molecular weight is 309 g/mol. The lowest BCUT2D eigenvalue weighted by Gasteiger charge is -2.30. The Balaban J connectivity index is 1.69. The van der Waals surface area contributed by atoms with Crippen molar-refractivity contribution in [3.8, 4) is 5.75 Å². The number of halogens is 1. The quantitative estimate of drug-likeness (QED) is 0.819. The Morgan fingerprint density at radius 2 is 2.05 bits per heavy atom. The maximum absolute atomic E-state index is 12.7. The lowest BCUT2D eigenvalue weighted by atomic mass is 9.98. The standard InChI is InChI=1S/C16H20FNO4/c17-13-5-7-14(8-6-13)22-10-2-4-15(19)18-9-1-3-12(11-18)16(20)21/h5-8,12H,1-4,9-11H2,(H,20,21)/t12-/m0/s1. The highest BCUT2D eigenvalue weighted by Crippen LogP contribution is 2.18. The van der Waals surface area contributed by atoms with Crippen LogP contribution in [0.5, 0.6) is 5.75 Å². The molecule has 1 aliphatic rings. The molecule has 2 rings (SSSR count). The molecule has 1 atom stereocenters. The van der Waals surface area contributed by atoms with Crippen LogP contribution in [-0.4, -0.2) is 41.6 Å². The second kappa shape index (κ2) is 7.77. The van der Waals surface area contributed by atoms with E-state index in [1.807, 2.05) is 0 Å². The zero-order valence-corrected chi connectivity index (χ0v) is 12.3. The molecule has 6 heteroatoms. The summed E-state index contributed by atoms with van der Waals surface area (Å²) in [5.41, 5.74) is 0. The number of hydrogen-bond donors (Lipinski definition) is 1. The predicted octanol–water partition coefficient (Wildman–Crippen LogP) is 2.31. The van der Waals surface area contributed by atoms with E-state index in [9.17, 15) is 14.0 Å². The Morgan fingerprint density at radius 3 is 2.73 bits per heavy atom. The van der Waals surface area contributed by atoms with Gasteiger partial charge in [-0.1, -0.05) is 0 Å². The number of carboxylic acids is 1. The highest BCUT2D eigenvalue weighted by molar-refractivity contribution is 5.78. The Morgan fingerprint density at radius 1 is 1.32 bits per heavy atom. The topological polar surface area (TPSA) is 66.8 Å². The van der Waals surface area contributed by atoms with Crippen LogP contribution in [0.15, 0.2) is 24.3 Å². The lowest BCUT2D eigenvalue weighted by molar-refractivity contribution is -0.145. The number of amides is 1. The van der Waals surface area contributed by atoms with Crippen LogP contribution < -0.4 is 4.74 Å². The van der Waals surface area contributed by atoms with Crippen molar-refractivity contribution in [3.05, 3.63) is 30.1 Å². The van der Waals surface area contributed by atoms with Crippen molar-refractivity contribution in [2.45, 2.75) is 25.7 Å². The fourth-order valence-corrected chi connectivity index (χ4v) is 2.51. The number of carbonyl (C=O) groups excluding carboxylic acids is 1. The van der Waals surface area contributed by atoms with E-state index >= 15 is 0 Å². The third kappa shape index (κ3) is 4.72. The van der Waals surface area contributed by atoms with Gasteiger partial charge in [-0.25, -0.2) is 4.39 Å². The summed E-state index contributed by atoms with van der Waals surface area (Å²) in [7, 11) is 0. The Hall–Kier alpha value is -2.11. The van der Waals surface area contributed by atoms with Gasteiger partial charge in [0.15, 0.2) is 0 Å². The number of likely N-dealkylation sites (tertiary alicyclic amines) is 1. The van der Waals surface area contributed by atoms with Gasteiger partial charge in [0, 0.05) is 19.5 Å². The molecule has 0 spiro atoms. The molecule has 1 amide bonds. The minimum atomic E-state index is -0.836. The summed E-state index contributed by atoms with van der Waals surface area (Å²) in [5, 5.41) is 9.01. The third-order valence-corrected chi connectivity index (χ3v) is 3.74. The van der Waals surface area contributed by atoms with Crippen LogP contribution in [0.25, 0.3) is 0 Å². The normalized spacial score (nSPS) is 18.0. The van der Waals surface area contributed by atoms with E-state index in [4.69, 9.17) is 9.84 Å². The van der Waals surface area contributed by atoms with Crippen LogP contribution in [-0.2, 0) is 9.59 Å². The van der Waals surface area contributed by atoms with Gasteiger partial charge in [-0.3, -0.25) is 9.59 Å². The zero-order valence-electron chi connectivity index (χ0n) is 12.3. The monoisotopic (exact) mass is 309 g/mol. The first-order chi connectivity index (χ1) is 10.6. The molecule has 0 radical (unpaired) electrons. The molecule has 1 aliphatic heterocycles. The summed E-state index contributed by atoms with van der Waals surface area (Å²) in [6, 6.07) is 5.72. The number of rotatable bonds is 6. The molecule has 1 aromatic rings. The van der Waals surface area contributed by atoms with Crippen molar-refractivity contribution >= 4 is 11.9 Å². The van der Waals surface area contributed by atoms with Crippen LogP contribution in [0.4, 0.5) is 4.39 Å². The fourth-order valence-electron chi connectivity index (χ4n) is 2.51. The summed E-state index contributed by atoms with van der Waals surface area (Å²) < 4.78 is 18.2. The van der Waals surface area contributed by atoms with Gasteiger partial charge in [0.05, 0.1) is 12.5 Å². The smallest absolute Gasteiger partial charge is 0.308 e. The van der Waals surface area contributed by atoms with Crippen LogP contribution in [0.3, 0.4) is 0 Å². The van der Waals surface area contributed by atoms with Crippen molar-refractivity contribution < 1.29 is 23.8 Å². The molecule has 0 saturated carbocycles. The van der Waals surface area contributed by atoms with Gasteiger partial charge < -0.3 is 14.7 Å². The van der Waals surface area contributed by atoms with Crippen LogP contribution in [0.2, 0.25) is 0 Å². The van der Waals surface area contributed by atoms with Crippen LogP contribution >= 0.6 is 0 Å². The van der Waals surface area contributed by atoms with Crippen molar-refractivity contribution in [2.75, 3.05) is 19.7 Å². The largest absolute Gasteiger partial charge is 0.494 e. The Kier molecular flexibility index (Phi) is 5.75. The van der Waals surface area contributed by atoms with E-state index in [-0.39, 0.29) is 11.7 Å². The van der Waals surface area contributed by atoms with Crippen molar-refractivity contribution in [2.24, 2.45) is 5.92 Å². The third-order valence-electron chi connectivity index (χ3n) is 3.74. The summed E-state index contributed by atoms with van der Waals surface area (Å²) in [6.07, 6.45) is 2.24. The number of carboxylic acid groups (broad SMARTS) is 1. The van der Waals surface area contributed by atoms with E-state index in [2.05, 4.69) is 0 Å². The molecular weight excluding hydrogens is 289 g/mol. The van der Waals surface area contributed by atoms with Gasteiger partial charge in [0.25, 0.3) is 0 Å². The van der Waals surface area contributed by atoms with E-state index in [0.717, 1.165) is 6.42 Å². The molecule has 120 valence electrons. The van der Waals surface area contributed by atoms with Gasteiger partial charge >= 0.3 is 5.97 Å². The molecule has 22 heavy (non-hydrogen) atoms. The number of piperidine rings is 1. The SMILES string of the molecule is O=C(O)[C@H]1CCCN(C(=O)CCCOc2ccc(F)cc2)C1. The van der Waals surface area contributed by atoms with Crippen LogP contribution in [0.1, 0.15) is 25.7 Å². The highest BCUT2D eigenvalue weighted by Gasteiger charge is 2.27. The molecular formula is C16H20FNO4. The summed E-state index contributed by atoms with van der Waals surface area (Å²) in [5.74, 6) is -1.07. The second-order valence-electron chi connectivity index (χ2n) is 5.42. The minimum absolute atomic E-state index is 0.0337. The lowest BCUT2D eigenvalue weighted by Crippen LogP contribution is -2.42. The number of carbonyl (C=O) groups is 2. The minimum Gasteiger partial charge on any atom is -0.494 e. The Labute approximate surface area is 128 Å². The molecule has 1 fully saturated rings. The summed E-state index contributed by atoms with van der Waals surface area (Å²) in [6.45, 7) is 1.29. The molecule has 1 saturated heterocycles. The number of benzene rings is 1. The molecule has 0 aromatic heterocycles. The number of aliphatic carboxylic acids is 1. The average Bonchev–Trinajstić information content (AvgIpc) is 2.53. The van der Waals surface area contributed by atoms with E-state index in [0.29, 0.717) is 44.7 Å². The molecule has 1 aromatic carbocycles. The summed E-state index contributed by atoms with van der Waals surface area (Å²) in [4.78, 5) is 24.7.